The number of tetrazole rings is 1. The monoisotopic (exact) mass is 509 g/mol. The number of carbonyl (C=O) groups excluding carboxylic acids is 2. The molecule has 1 aliphatic rings. The van der Waals surface area contributed by atoms with E-state index in [0.29, 0.717) is 17.0 Å². The number of anilines is 1. The van der Waals surface area contributed by atoms with Crippen molar-refractivity contribution >= 4 is 27.5 Å². The summed E-state index contributed by atoms with van der Waals surface area (Å²) in [6.45, 7) is 3.69. The van der Waals surface area contributed by atoms with Crippen molar-refractivity contribution in [2.75, 3.05) is 38.3 Å². The van der Waals surface area contributed by atoms with Crippen LogP contribution in [0.5, 0.6) is 5.75 Å². The van der Waals surface area contributed by atoms with Gasteiger partial charge in [0.1, 0.15) is 24.7 Å². The predicted molar refractivity (Wildman–Crippen MR) is 126 cm³/mol. The third-order valence-corrected chi connectivity index (χ3v) is 7.18. The minimum absolute atomic E-state index is 0.0161. The number of hydrogen-bond donors (Lipinski definition) is 2. The number of hydrogen-bond acceptors (Lipinski definition) is 9. The van der Waals surface area contributed by atoms with Gasteiger partial charge in [0, 0.05) is 30.8 Å². The molecule has 0 saturated heterocycles. The van der Waals surface area contributed by atoms with E-state index in [1.165, 1.54) is 22.4 Å². The lowest BCUT2D eigenvalue weighted by Gasteiger charge is -2.33. The first-order valence-corrected chi connectivity index (χ1v) is 12.9. The Morgan fingerprint density at radius 3 is 2.77 bits per heavy atom. The van der Waals surface area contributed by atoms with E-state index in [-0.39, 0.29) is 50.4 Å². The number of amides is 2. The number of likely N-dealkylation sites (N-methyl/N-ethyl adjacent to an activating group) is 1. The standard InChI is InChI=1S/C21H31N7O6S/c1-14-9-28(15(2)12-29)21(31)8-16-7-17(23-20(30)11-27-13-22-24-25-27)5-6-18(16)34-19(14)10-26(3)35(4,32)33/h5-7,13-15,19,29H,8-12H2,1-4H3,(H,23,30)/t14-,15-,19+/m1/s1. The molecule has 3 rings (SSSR count). The van der Waals surface area contributed by atoms with Crippen LogP contribution in [0.3, 0.4) is 0 Å². The van der Waals surface area contributed by atoms with Crippen LogP contribution in [-0.2, 0) is 32.6 Å². The zero-order chi connectivity index (χ0) is 25.8. The zero-order valence-corrected chi connectivity index (χ0v) is 21.0. The van der Waals surface area contributed by atoms with Gasteiger partial charge in [0.05, 0.1) is 31.9 Å². The van der Waals surface area contributed by atoms with Gasteiger partial charge in [-0.3, -0.25) is 9.59 Å². The van der Waals surface area contributed by atoms with E-state index in [9.17, 15) is 23.1 Å². The molecule has 1 aromatic heterocycles. The van der Waals surface area contributed by atoms with E-state index in [1.807, 2.05) is 6.92 Å². The highest BCUT2D eigenvalue weighted by molar-refractivity contribution is 7.88. The number of sulfonamides is 1. The topological polar surface area (TPSA) is 160 Å². The average molecular weight is 510 g/mol. The molecule has 1 aromatic carbocycles. The fraction of sp³-hybridized carbons (Fsp3) is 0.571. The van der Waals surface area contributed by atoms with Gasteiger partial charge in [-0.2, -0.15) is 0 Å². The SMILES string of the molecule is C[C@@H]1CN([C@H](C)CO)C(=O)Cc2cc(NC(=O)Cn3cnnn3)ccc2O[C@H]1CN(C)S(C)(=O)=O. The minimum Gasteiger partial charge on any atom is -0.488 e. The van der Waals surface area contributed by atoms with Crippen LogP contribution in [0.1, 0.15) is 19.4 Å². The maximum atomic E-state index is 13.2. The Kier molecular flexibility index (Phi) is 8.40. The number of benzene rings is 1. The van der Waals surface area contributed by atoms with Crippen molar-refractivity contribution < 1.29 is 27.9 Å². The molecule has 192 valence electrons. The van der Waals surface area contributed by atoms with Crippen LogP contribution in [0.2, 0.25) is 0 Å². The second kappa shape index (κ2) is 11.1. The summed E-state index contributed by atoms with van der Waals surface area (Å²) in [6, 6.07) is 4.52. The molecule has 3 atom stereocenters. The van der Waals surface area contributed by atoms with Gasteiger partial charge in [-0.25, -0.2) is 17.4 Å². The lowest BCUT2D eigenvalue weighted by molar-refractivity contribution is -0.134. The van der Waals surface area contributed by atoms with Crippen LogP contribution in [0.4, 0.5) is 5.69 Å². The zero-order valence-electron chi connectivity index (χ0n) is 20.2. The molecule has 2 aromatic rings. The Morgan fingerprint density at radius 2 is 2.14 bits per heavy atom. The second-order valence-electron chi connectivity index (χ2n) is 8.81. The molecule has 2 heterocycles. The number of ether oxygens (including phenoxy) is 1. The van der Waals surface area contributed by atoms with E-state index < -0.39 is 22.2 Å². The molecule has 0 saturated carbocycles. The van der Waals surface area contributed by atoms with Crippen molar-refractivity contribution in [3.05, 3.63) is 30.1 Å². The number of carbonyl (C=O) groups is 2. The van der Waals surface area contributed by atoms with Gasteiger partial charge in [-0.1, -0.05) is 6.92 Å². The fourth-order valence-electron chi connectivity index (χ4n) is 3.71. The summed E-state index contributed by atoms with van der Waals surface area (Å²) in [5, 5.41) is 23.1. The van der Waals surface area contributed by atoms with Gasteiger partial charge in [0.25, 0.3) is 0 Å². The lowest BCUT2D eigenvalue weighted by atomic mass is 10.0. The van der Waals surface area contributed by atoms with Crippen molar-refractivity contribution in [3.8, 4) is 5.75 Å². The van der Waals surface area contributed by atoms with Crippen LogP contribution >= 0.6 is 0 Å². The molecule has 2 amide bonds. The molecule has 14 heteroatoms. The first-order valence-electron chi connectivity index (χ1n) is 11.1. The summed E-state index contributed by atoms with van der Waals surface area (Å²) >= 11 is 0. The van der Waals surface area contributed by atoms with Gasteiger partial charge < -0.3 is 20.1 Å². The minimum atomic E-state index is -3.45. The summed E-state index contributed by atoms with van der Waals surface area (Å²) in [4.78, 5) is 27.1. The molecule has 0 unspecified atom stereocenters. The summed E-state index contributed by atoms with van der Waals surface area (Å²) < 4.78 is 32.8. The van der Waals surface area contributed by atoms with Gasteiger partial charge in [0.15, 0.2) is 0 Å². The van der Waals surface area contributed by atoms with Crippen molar-refractivity contribution in [3.63, 3.8) is 0 Å². The van der Waals surface area contributed by atoms with Crippen LogP contribution in [-0.4, -0.2) is 99.9 Å². The van der Waals surface area contributed by atoms with Gasteiger partial charge >= 0.3 is 0 Å². The maximum Gasteiger partial charge on any atom is 0.246 e. The van der Waals surface area contributed by atoms with Crippen LogP contribution in [0.15, 0.2) is 24.5 Å². The number of aliphatic hydroxyl groups excluding tert-OH is 1. The van der Waals surface area contributed by atoms with Crippen molar-refractivity contribution in [1.82, 2.24) is 29.4 Å². The number of aliphatic hydroxyl groups is 1. The van der Waals surface area contributed by atoms with Crippen LogP contribution in [0, 0.1) is 5.92 Å². The molecule has 0 fully saturated rings. The Hall–Kier alpha value is -3.10. The highest BCUT2D eigenvalue weighted by atomic mass is 32.2. The number of nitrogens with zero attached hydrogens (tertiary/aromatic N) is 6. The Morgan fingerprint density at radius 1 is 1.40 bits per heavy atom. The van der Waals surface area contributed by atoms with Crippen LogP contribution in [0.25, 0.3) is 0 Å². The van der Waals surface area contributed by atoms with Crippen molar-refractivity contribution in [1.29, 1.82) is 0 Å². The van der Waals surface area contributed by atoms with Gasteiger partial charge in [0.2, 0.25) is 21.8 Å². The quantitative estimate of drug-likeness (QED) is 0.471. The van der Waals surface area contributed by atoms with Gasteiger partial charge in [-0.15, -0.1) is 5.10 Å². The molecule has 0 aliphatic carbocycles. The fourth-order valence-corrected chi connectivity index (χ4v) is 4.13. The highest BCUT2D eigenvalue weighted by Gasteiger charge is 2.32. The second-order valence-corrected chi connectivity index (χ2v) is 10.9. The molecule has 2 N–H and O–H groups in total. The lowest BCUT2D eigenvalue weighted by Crippen LogP contribution is -2.48. The smallest absolute Gasteiger partial charge is 0.246 e. The van der Waals surface area contributed by atoms with E-state index in [2.05, 4.69) is 20.8 Å². The summed E-state index contributed by atoms with van der Waals surface area (Å²) in [6.07, 6.45) is 1.86. The van der Waals surface area contributed by atoms with Crippen molar-refractivity contribution in [2.45, 2.75) is 39.0 Å². The normalized spacial score (nSPS) is 19.8. The number of nitrogens with one attached hydrogen (secondary N) is 1. The van der Waals surface area contributed by atoms with E-state index in [0.717, 1.165) is 6.26 Å². The molecular formula is C21H31N7O6S. The van der Waals surface area contributed by atoms with E-state index in [1.54, 1.807) is 30.0 Å². The number of fused-ring (bicyclic) bond motifs is 1. The molecular weight excluding hydrogens is 478 g/mol. The Balaban J connectivity index is 1.91. The van der Waals surface area contributed by atoms with Crippen molar-refractivity contribution in [2.24, 2.45) is 5.92 Å². The maximum absolute atomic E-state index is 13.2. The summed E-state index contributed by atoms with van der Waals surface area (Å²) in [5.41, 5.74) is 0.989. The van der Waals surface area contributed by atoms with Crippen LogP contribution < -0.4 is 10.1 Å². The Bertz CT molecular complexity index is 1140. The molecule has 0 spiro atoms. The van der Waals surface area contributed by atoms with E-state index >= 15 is 0 Å². The molecule has 0 bridgehead atoms. The largest absolute Gasteiger partial charge is 0.488 e. The third kappa shape index (κ3) is 6.96. The highest BCUT2D eigenvalue weighted by Crippen LogP contribution is 2.29. The van der Waals surface area contributed by atoms with E-state index in [4.69, 9.17) is 4.74 Å². The first kappa shape index (κ1) is 26.5. The third-order valence-electron chi connectivity index (χ3n) is 5.90. The number of aromatic nitrogens is 4. The number of rotatable bonds is 8. The summed E-state index contributed by atoms with van der Waals surface area (Å²) in [5.74, 6) is -0.380. The summed E-state index contributed by atoms with van der Waals surface area (Å²) in [7, 11) is -1.98. The predicted octanol–water partition coefficient (Wildman–Crippen LogP) is -0.648. The average Bonchev–Trinajstić information content (AvgIpc) is 3.30. The molecule has 35 heavy (non-hydrogen) atoms. The van der Waals surface area contributed by atoms with Gasteiger partial charge in [-0.05, 0) is 35.5 Å². The Labute approximate surface area is 204 Å². The molecule has 1 aliphatic heterocycles. The first-order chi connectivity index (χ1) is 16.5. The molecule has 0 radical (unpaired) electrons. The molecule has 13 nitrogen and oxygen atoms in total.